The number of hydrogen-bond donors (Lipinski definition) is 2. The van der Waals surface area contributed by atoms with Crippen LogP contribution in [0.15, 0.2) is 54.6 Å². The molecule has 0 fully saturated rings. The van der Waals surface area contributed by atoms with Gasteiger partial charge in [0.15, 0.2) is 0 Å². The molecule has 0 radical (unpaired) electrons. The number of aromatic nitrogens is 2. The fraction of sp³-hybridized carbons (Fsp3) is 0.227. The van der Waals surface area contributed by atoms with Crippen LogP contribution in [0.3, 0.4) is 0 Å². The summed E-state index contributed by atoms with van der Waals surface area (Å²) >= 11 is 0. The topological polar surface area (TPSA) is 78.1 Å². The molecule has 0 aliphatic carbocycles. The van der Waals surface area contributed by atoms with E-state index in [1.54, 1.807) is 25.2 Å². The highest BCUT2D eigenvalue weighted by molar-refractivity contribution is 5.96. The first kappa shape index (κ1) is 21.2. The van der Waals surface area contributed by atoms with Crippen molar-refractivity contribution in [2.24, 2.45) is 0 Å². The molecule has 0 aliphatic heterocycles. The molecule has 156 valence electrons. The summed E-state index contributed by atoms with van der Waals surface area (Å²) in [5.74, 6) is -1.85. The van der Waals surface area contributed by atoms with E-state index in [4.69, 9.17) is 0 Å². The molecule has 0 atom stereocenters. The number of benzene rings is 2. The van der Waals surface area contributed by atoms with Gasteiger partial charge in [0, 0.05) is 24.8 Å². The van der Waals surface area contributed by atoms with Crippen molar-refractivity contribution in [3.8, 4) is 11.3 Å². The zero-order chi connectivity index (χ0) is 21.5. The monoisotopic (exact) mass is 412 g/mol. The number of H-pyrrole nitrogens is 1. The third-order valence-corrected chi connectivity index (χ3v) is 4.64. The molecule has 2 N–H and O–H groups in total. The molecule has 6 nitrogen and oxygen atoms in total. The number of carbonyl (C=O) groups excluding carboxylic acids is 2. The molecule has 2 amide bonds. The Kier molecular flexibility index (Phi) is 6.90. The molecule has 0 saturated carbocycles. The third kappa shape index (κ3) is 5.50. The van der Waals surface area contributed by atoms with E-state index in [-0.39, 0.29) is 23.8 Å². The molecule has 8 heteroatoms. The smallest absolute Gasteiger partial charge is 0.254 e. The second-order valence-corrected chi connectivity index (χ2v) is 6.87. The first-order valence-corrected chi connectivity index (χ1v) is 9.51. The van der Waals surface area contributed by atoms with Crippen molar-refractivity contribution < 1.29 is 18.4 Å². The van der Waals surface area contributed by atoms with E-state index in [0.717, 1.165) is 5.69 Å². The molecule has 3 rings (SSSR count). The summed E-state index contributed by atoms with van der Waals surface area (Å²) in [6.45, 7) is 0.264. The Morgan fingerprint density at radius 1 is 1.10 bits per heavy atom. The predicted molar refractivity (Wildman–Crippen MR) is 109 cm³/mol. The number of likely N-dealkylation sites (N-methyl/N-ethyl adjacent to an activating group) is 1. The van der Waals surface area contributed by atoms with Crippen LogP contribution >= 0.6 is 0 Å². The van der Waals surface area contributed by atoms with Crippen LogP contribution in [0.5, 0.6) is 0 Å². The van der Waals surface area contributed by atoms with Crippen LogP contribution in [0.2, 0.25) is 0 Å². The van der Waals surface area contributed by atoms with Crippen LogP contribution < -0.4 is 5.32 Å². The number of carbonyl (C=O) groups is 2. The second-order valence-electron chi connectivity index (χ2n) is 6.87. The number of aromatic amines is 1. The number of halogens is 2. The fourth-order valence-corrected chi connectivity index (χ4v) is 2.95. The molecular weight excluding hydrogens is 390 g/mol. The first-order chi connectivity index (χ1) is 14.4. The molecule has 1 heterocycles. The average molecular weight is 412 g/mol. The van der Waals surface area contributed by atoms with Crippen LogP contribution in [0.1, 0.15) is 22.5 Å². The van der Waals surface area contributed by atoms with Crippen molar-refractivity contribution in [1.82, 2.24) is 20.4 Å². The molecule has 2 aromatic carbocycles. The summed E-state index contributed by atoms with van der Waals surface area (Å²) in [4.78, 5) is 25.7. The van der Waals surface area contributed by atoms with Crippen molar-refractivity contribution in [2.45, 2.75) is 12.8 Å². The lowest BCUT2D eigenvalue weighted by molar-refractivity contribution is -0.128. The Morgan fingerprint density at radius 3 is 2.67 bits per heavy atom. The van der Waals surface area contributed by atoms with Crippen molar-refractivity contribution in [3.63, 3.8) is 0 Å². The third-order valence-electron chi connectivity index (χ3n) is 4.64. The number of aryl methyl sites for hydroxylation is 1. The highest BCUT2D eigenvalue weighted by atomic mass is 19.1. The van der Waals surface area contributed by atoms with E-state index in [9.17, 15) is 18.4 Å². The molecule has 0 unspecified atom stereocenters. The lowest BCUT2D eigenvalue weighted by Crippen LogP contribution is -2.38. The van der Waals surface area contributed by atoms with Gasteiger partial charge in [-0.05, 0) is 43.2 Å². The second kappa shape index (κ2) is 9.78. The Morgan fingerprint density at radius 2 is 1.90 bits per heavy atom. The Hall–Kier alpha value is -3.55. The van der Waals surface area contributed by atoms with Crippen molar-refractivity contribution >= 4 is 11.8 Å². The summed E-state index contributed by atoms with van der Waals surface area (Å²) < 4.78 is 26.9. The van der Waals surface area contributed by atoms with Crippen LogP contribution in [0.25, 0.3) is 11.3 Å². The Balaban J connectivity index is 1.43. The zero-order valence-electron chi connectivity index (χ0n) is 16.5. The number of hydrogen-bond acceptors (Lipinski definition) is 3. The zero-order valence-corrected chi connectivity index (χ0v) is 16.5. The fourth-order valence-electron chi connectivity index (χ4n) is 2.95. The van der Waals surface area contributed by atoms with E-state index < -0.39 is 11.7 Å². The number of amides is 2. The predicted octanol–water partition coefficient (Wildman–Crippen LogP) is 3.18. The van der Waals surface area contributed by atoms with Crippen LogP contribution in [-0.4, -0.2) is 47.0 Å². The summed E-state index contributed by atoms with van der Waals surface area (Å²) in [5.41, 5.74) is 2.13. The minimum absolute atomic E-state index is 0.0960. The maximum absolute atomic E-state index is 13.6. The Bertz CT molecular complexity index is 1040. The van der Waals surface area contributed by atoms with Crippen molar-refractivity contribution in [3.05, 3.63) is 77.5 Å². The first-order valence-electron chi connectivity index (χ1n) is 9.51. The molecule has 0 aliphatic rings. The molecule has 1 aromatic heterocycles. The van der Waals surface area contributed by atoms with Gasteiger partial charge < -0.3 is 10.2 Å². The molecule has 0 spiro atoms. The average Bonchev–Trinajstić information content (AvgIpc) is 3.21. The molecule has 0 bridgehead atoms. The number of nitrogens with zero attached hydrogens (tertiary/aromatic N) is 2. The normalized spacial score (nSPS) is 10.6. The SMILES string of the molecule is CN(CCCc1cc(-c2cccc(F)c2)n[nH]1)C(=O)CNC(=O)c1ccccc1F. The van der Waals surface area contributed by atoms with E-state index in [0.29, 0.717) is 30.6 Å². The molecule has 3 aromatic rings. The maximum Gasteiger partial charge on any atom is 0.254 e. The van der Waals surface area contributed by atoms with E-state index >= 15 is 0 Å². The number of rotatable bonds is 8. The standard InChI is InChI=1S/C22H22F2N4O2/c1-28(21(29)14-25-22(30)18-9-2-3-10-19(18)24)11-5-8-17-13-20(27-26-17)15-6-4-7-16(23)12-15/h2-4,6-7,9-10,12-13H,5,8,11,14H2,1H3,(H,25,30)(H,26,27). The van der Waals surface area contributed by atoms with E-state index in [2.05, 4.69) is 15.5 Å². The molecule has 30 heavy (non-hydrogen) atoms. The number of nitrogens with one attached hydrogen (secondary N) is 2. The lowest BCUT2D eigenvalue weighted by atomic mass is 10.1. The van der Waals surface area contributed by atoms with E-state index in [1.807, 2.05) is 6.07 Å². The van der Waals surface area contributed by atoms with Gasteiger partial charge in [-0.2, -0.15) is 5.10 Å². The summed E-state index contributed by atoms with van der Waals surface area (Å²) in [6, 6.07) is 13.7. The van der Waals surface area contributed by atoms with Crippen LogP contribution in [0, 0.1) is 11.6 Å². The van der Waals surface area contributed by atoms with Crippen LogP contribution in [0.4, 0.5) is 8.78 Å². The molecule has 0 saturated heterocycles. The van der Waals surface area contributed by atoms with Gasteiger partial charge >= 0.3 is 0 Å². The highest BCUT2D eigenvalue weighted by Crippen LogP contribution is 2.19. The van der Waals surface area contributed by atoms with Gasteiger partial charge in [0.05, 0.1) is 17.8 Å². The Labute approximate surface area is 172 Å². The van der Waals surface area contributed by atoms with Gasteiger partial charge in [-0.1, -0.05) is 24.3 Å². The van der Waals surface area contributed by atoms with Gasteiger partial charge in [0.2, 0.25) is 5.91 Å². The molecular formula is C22H22F2N4O2. The summed E-state index contributed by atoms with van der Waals surface area (Å²) in [5, 5.41) is 9.55. The van der Waals surface area contributed by atoms with Crippen molar-refractivity contribution in [1.29, 1.82) is 0 Å². The summed E-state index contributed by atoms with van der Waals surface area (Å²) in [6.07, 6.45) is 1.33. The summed E-state index contributed by atoms with van der Waals surface area (Å²) in [7, 11) is 1.64. The van der Waals surface area contributed by atoms with E-state index in [1.165, 1.54) is 35.2 Å². The largest absolute Gasteiger partial charge is 0.344 e. The van der Waals surface area contributed by atoms with Gasteiger partial charge in [-0.15, -0.1) is 0 Å². The minimum atomic E-state index is -0.632. The maximum atomic E-state index is 13.6. The highest BCUT2D eigenvalue weighted by Gasteiger charge is 2.14. The van der Waals surface area contributed by atoms with Gasteiger partial charge in [0.1, 0.15) is 11.6 Å². The lowest BCUT2D eigenvalue weighted by Gasteiger charge is -2.17. The van der Waals surface area contributed by atoms with Gasteiger partial charge in [-0.25, -0.2) is 8.78 Å². The minimum Gasteiger partial charge on any atom is -0.344 e. The van der Waals surface area contributed by atoms with Crippen LogP contribution in [-0.2, 0) is 11.2 Å². The van der Waals surface area contributed by atoms with Gasteiger partial charge in [-0.3, -0.25) is 14.7 Å². The quantitative estimate of drug-likeness (QED) is 0.597. The van der Waals surface area contributed by atoms with Crippen molar-refractivity contribution in [2.75, 3.05) is 20.1 Å². The van der Waals surface area contributed by atoms with Gasteiger partial charge in [0.25, 0.3) is 5.91 Å².